The Balaban J connectivity index is 1.38. The first-order valence-electron chi connectivity index (χ1n) is 12.4. The van der Waals surface area contributed by atoms with E-state index in [1.54, 1.807) is 24.7 Å². The Bertz CT molecular complexity index is 1750. The smallest absolute Gasteiger partial charge is 0.138 e. The highest BCUT2D eigenvalue weighted by Crippen LogP contribution is 2.35. The first-order valence-corrected chi connectivity index (χ1v) is 12.4. The lowest BCUT2D eigenvalue weighted by Crippen LogP contribution is -2.19. The van der Waals surface area contributed by atoms with Crippen molar-refractivity contribution in [2.45, 2.75) is 6.92 Å². The molecule has 6 aromatic rings. The van der Waals surface area contributed by atoms with E-state index in [9.17, 15) is 4.39 Å². The molecule has 0 radical (unpaired) electrons. The van der Waals surface area contributed by atoms with Crippen molar-refractivity contribution in [2.75, 3.05) is 27.2 Å². The highest BCUT2D eigenvalue weighted by atomic mass is 19.1. The van der Waals surface area contributed by atoms with Crippen molar-refractivity contribution >= 4 is 21.8 Å². The van der Waals surface area contributed by atoms with Crippen LogP contribution in [0.1, 0.15) is 5.56 Å². The van der Waals surface area contributed by atoms with Crippen molar-refractivity contribution in [3.05, 3.63) is 84.6 Å². The normalized spacial score (nSPS) is 11.6. The molecule has 6 rings (SSSR count). The van der Waals surface area contributed by atoms with Gasteiger partial charge < -0.3 is 14.6 Å². The SMILES string of the molecule is Cc1cc(F)cc(-c2cccc3[nH]c(-c4n[nH]c5cnc(-c6cncc(OCCN(C)C)c6)cc45)cc23)c1. The molecule has 0 fully saturated rings. The molecule has 0 saturated carbocycles. The quantitative estimate of drug-likeness (QED) is 0.268. The van der Waals surface area contributed by atoms with Crippen LogP contribution in [0.25, 0.3) is 55.6 Å². The van der Waals surface area contributed by atoms with Crippen molar-refractivity contribution in [3.63, 3.8) is 0 Å². The largest absolute Gasteiger partial charge is 0.491 e. The molecular weight excluding hydrogens is 479 g/mol. The summed E-state index contributed by atoms with van der Waals surface area (Å²) in [7, 11) is 4.02. The number of aromatic nitrogens is 5. The molecule has 2 N–H and O–H groups in total. The lowest BCUT2D eigenvalue weighted by Gasteiger charge is -2.11. The molecule has 4 aromatic heterocycles. The number of hydrogen-bond donors (Lipinski definition) is 2. The maximum Gasteiger partial charge on any atom is 0.138 e. The van der Waals surface area contributed by atoms with Crippen LogP contribution >= 0.6 is 0 Å². The van der Waals surface area contributed by atoms with Gasteiger partial charge in [-0.05, 0) is 74.1 Å². The van der Waals surface area contributed by atoms with E-state index in [-0.39, 0.29) is 5.82 Å². The molecule has 0 aliphatic rings. The van der Waals surface area contributed by atoms with Crippen molar-refractivity contribution < 1.29 is 9.13 Å². The van der Waals surface area contributed by atoms with Crippen LogP contribution in [0.15, 0.2) is 73.2 Å². The van der Waals surface area contributed by atoms with Gasteiger partial charge in [0, 0.05) is 34.6 Å². The maximum absolute atomic E-state index is 14.2. The van der Waals surface area contributed by atoms with Gasteiger partial charge in [-0.2, -0.15) is 5.10 Å². The number of fused-ring (bicyclic) bond motifs is 2. The number of pyridine rings is 2. The molecule has 4 heterocycles. The average molecular weight is 507 g/mol. The Morgan fingerprint density at radius 1 is 0.921 bits per heavy atom. The predicted octanol–water partition coefficient (Wildman–Crippen LogP) is 6.22. The van der Waals surface area contributed by atoms with E-state index >= 15 is 0 Å². The van der Waals surface area contributed by atoms with E-state index in [2.05, 4.69) is 36.1 Å². The predicted molar refractivity (Wildman–Crippen MR) is 149 cm³/mol. The highest BCUT2D eigenvalue weighted by molar-refractivity contribution is 6.01. The standard InChI is InChI=1S/C30H27FN6O/c1-18-9-19(11-21(31)10-18)23-5-4-6-26-24(23)13-28(34-26)30-25-14-27(33-17-29(25)35-36-30)20-12-22(16-32-15-20)38-8-7-37(2)3/h4-6,9-17,34H,7-8H2,1-3H3,(H,35,36). The van der Waals surface area contributed by atoms with Crippen LogP contribution in [0.4, 0.5) is 4.39 Å². The van der Waals surface area contributed by atoms with Gasteiger partial charge in [-0.25, -0.2) is 4.39 Å². The molecule has 8 heteroatoms. The fourth-order valence-electron chi connectivity index (χ4n) is 4.69. The minimum Gasteiger partial charge on any atom is -0.491 e. The summed E-state index contributed by atoms with van der Waals surface area (Å²) in [5, 5.41) is 9.63. The summed E-state index contributed by atoms with van der Waals surface area (Å²) in [6, 6.07) is 17.1. The third-order valence-electron chi connectivity index (χ3n) is 6.54. The van der Waals surface area contributed by atoms with Crippen molar-refractivity contribution in [1.29, 1.82) is 0 Å². The first kappa shape index (κ1) is 23.8. The number of aromatic amines is 2. The number of ether oxygens (including phenoxy) is 1. The van der Waals surface area contributed by atoms with Gasteiger partial charge in [0.1, 0.15) is 23.9 Å². The summed E-state index contributed by atoms with van der Waals surface area (Å²) < 4.78 is 20.0. The second-order valence-electron chi connectivity index (χ2n) is 9.72. The number of nitrogens with zero attached hydrogens (tertiary/aromatic N) is 4. The number of nitrogens with one attached hydrogen (secondary N) is 2. The molecule has 0 bridgehead atoms. The third kappa shape index (κ3) is 4.62. The van der Waals surface area contributed by atoms with Crippen molar-refractivity contribution in [3.8, 4) is 39.5 Å². The number of aryl methyl sites for hydroxylation is 1. The monoisotopic (exact) mass is 506 g/mol. The van der Waals surface area contributed by atoms with Gasteiger partial charge in [0.15, 0.2) is 0 Å². The van der Waals surface area contributed by atoms with Gasteiger partial charge in [-0.3, -0.25) is 15.1 Å². The summed E-state index contributed by atoms with van der Waals surface area (Å²) >= 11 is 0. The topological polar surface area (TPSA) is 82.7 Å². The molecule has 0 saturated heterocycles. The fourth-order valence-corrected chi connectivity index (χ4v) is 4.69. The minimum absolute atomic E-state index is 0.243. The molecule has 190 valence electrons. The number of rotatable bonds is 7. The molecule has 2 aromatic carbocycles. The van der Waals surface area contributed by atoms with E-state index in [0.29, 0.717) is 12.4 Å². The molecule has 7 nitrogen and oxygen atoms in total. The summed E-state index contributed by atoms with van der Waals surface area (Å²) in [5.74, 6) is 0.460. The number of halogens is 1. The van der Waals surface area contributed by atoms with Crippen LogP contribution in [0, 0.1) is 12.7 Å². The Morgan fingerprint density at radius 3 is 2.66 bits per heavy atom. The Labute approximate surface area is 219 Å². The number of H-pyrrole nitrogens is 2. The highest BCUT2D eigenvalue weighted by Gasteiger charge is 2.15. The summed E-state index contributed by atoms with van der Waals surface area (Å²) in [6.07, 6.45) is 5.27. The first-order chi connectivity index (χ1) is 18.4. The van der Waals surface area contributed by atoms with E-state index in [1.165, 1.54) is 6.07 Å². The minimum atomic E-state index is -0.243. The summed E-state index contributed by atoms with van der Waals surface area (Å²) in [4.78, 5) is 14.5. The van der Waals surface area contributed by atoms with Crippen LogP contribution in [0.2, 0.25) is 0 Å². The number of hydrogen-bond acceptors (Lipinski definition) is 5. The molecule has 0 unspecified atom stereocenters. The molecule has 0 atom stereocenters. The molecule has 0 aliphatic carbocycles. The molecular formula is C30H27FN6O. The van der Waals surface area contributed by atoms with Crippen LogP contribution in [0.3, 0.4) is 0 Å². The van der Waals surface area contributed by atoms with E-state index < -0.39 is 0 Å². The summed E-state index contributed by atoms with van der Waals surface area (Å²) in [6.45, 7) is 3.30. The zero-order chi connectivity index (χ0) is 26.2. The zero-order valence-corrected chi connectivity index (χ0v) is 21.4. The van der Waals surface area contributed by atoms with Gasteiger partial charge in [0.25, 0.3) is 0 Å². The maximum atomic E-state index is 14.2. The van der Waals surface area contributed by atoms with Crippen LogP contribution in [-0.4, -0.2) is 57.3 Å². The van der Waals surface area contributed by atoms with Gasteiger partial charge in [0.05, 0.1) is 29.3 Å². The lowest BCUT2D eigenvalue weighted by atomic mass is 9.99. The van der Waals surface area contributed by atoms with Crippen LogP contribution in [0.5, 0.6) is 5.75 Å². The van der Waals surface area contributed by atoms with E-state index in [0.717, 1.165) is 67.7 Å². The van der Waals surface area contributed by atoms with E-state index in [4.69, 9.17) is 4.74 Å². The Morgan fingerprint density at radius 2 is 1.82 bits per heavy atom. The summed E-state index contributed by atoms with van der Waals surface area (Å²) in [5.41, 5.74) is 7.76. The van der Waals surface area contributed by atoms with Gasteiger partial charge in [-0.1, -0.05) is 18.2 Å². The number of benzene rings is 2. The van der Waals surface area contributed by atoms with Crippen LogP contribution in [-0.2, 0) is 0 Å². The lowest BCUT2D eigenvalue weighted by molar-refractivity contribution is 0.261. The number of likely N-dealkylation sites (N-methyl/N-ethyl adjacent to an activating group) is 1. The molecule has 38 heavy (non-hydrogen) atoms. The average Bonchev–Trinajstić information content (AvgIpc) is 3.51. The molecule has 0 spiro atoms. The van der Waals surface area contributed by atoms with Gasteiger partial charge in [-0.15, -0.1) is 0 Å². The van der Waals surface area contributed by atoms with Crippen molar-refractivity contribution in [2.24, 2.45) is 0 Å². The molecule has 0 aliphatic heterocycles. The second-order valence-corrected chi connectivity index (χ2v) is 9.72. The third-order valence-corrected chi connectivity index (χ3v) is 6.54. The fraction of sp³-hybridized carbons (Fsp3) is 0.167. The Kier molecular flexibility index (Phi) is 6.09. The Hall–Kier alpha value is -4.56. The van der Waals surface area contributed by atoms with Crippen molar-refractivity contribution in [1.82, 2.24) is 30.0 Å². The van der Waals surface area contributed by atoms with Gasteiger partial charge >= 0.3 is 0 Å². The van der Waals surface area contributed by atoms with Gasteiger partial charge in [0.2, 0.25) is 0 Å². The van der Waals surface area contributed by atoms with E-state index in [1.807, 2.05) is 57.4 Å². The second kappa shape index (κ2) is 9.72. The molecule has 0 amide bonds. The zero-order valence-electron chi connectivity index (χ0n) is 21.4. The van der Waals surface area contributed by atoms with Crippen LogP contribution < -0.4 is 4.74 Å².